The van der Waals surface area contributed by atoms with E-state index in [1.807, 2.05) is 13.8 Å². The van der Waals surface area contributed by atoms with Gasteiger partial charge < -0.3 is 24.4 Å². The summed E-state index contributed by atoms with van der Waals surface area (Å²) in [5.74, 6) is -0.936. The number of phenolic OH excluding ortho intramolecular Hbond substituents is 2. The molecule has 0 spiro atoms. The van der Waals surface area contributed by atoms with Gasteiger partial charge in [0.1, 0.15) is 5.75 Å². The Balaban J connectivity index is 1.97. The molecule has 210 valence electrons. The molecule has 0 unspecified atom stereocenters. The second kappa shape index (κ2) is 11.2. The monoisotopic (exact) mass is 569 g/mol. The van der Waals surface area contributed by atoms with Crippen LogP contribution in [0, 0.1) is 10.1 Å². The van der Waals surface area contributed by atoms with Gasteiger partial charge in [-0.25, -0.2) is 9.79 Å². The lowest BCUT2D eigenvalue weighted by Crippen LogP contribution is -2.40. The molecule has 40 heavy (non-hydrogen) atoms. The summed E-state index contributed by atoms with van der Waals surface area (Å²) in [5, 5.41) is 31.4. The number of fused-ring (bicyclic) bond motifs is 1. The van der Waals surface area contributed by atoms with Crippen LogP contribution in [0.4, 0.5) is 5.69 Å². The van der Waals surface area contributed by atoms with Crippen molar-refractivity contribution in [2.45, 2.75) is 39.8 Å². The summed E-state index contributed by atoms with van der Waals surface area (Å²) in [7, 11) is 1.48. The molecule has 2 heterocycles. The van der Waals surface area contributed by atoms with Gasteiger partial charge in [0.05, 0.1) is 46.6 Å². The third-order valence-corrected chi connectivity index (χ3v) is 6.97. The van der Waals surface area contributed by atoms with E-state index in [1.165, 1.54) is 17.8 Å². The van der Waals surface area contributed by atoms with Gasteiger partial charge in [-0.1, -0.05) is 17.4 Å². The fourth-order valence-electron chi connectivity index (χ4n) is 4.30. The number of methoxy groups -OCH3 is 1. The highest BCUT2D eigenvalue weighted by atomic mass is 32.1. The Morgan fingerprint density at radius 3 is 2.58 bits per heavy atom. The molecule has 2 aromatic carbocycles. The van der Waals surface area contributed by atoms with Crippen LogP contribution in [0.15, 0.2) is 51.4 Å². The lowest BCUT2D eigenvalue weighted by Gasteiger charge is -2.25. The van der Waals surface area contributed by atoms with Gasteiger partial charge in [-0.2, -0.15) is 0 Å². The van der Waals surface area contributed by atoms with Crippen molar-refractivity contribution in [1.82, 2.24) is 4.57 Å². The molecule has 0 aliphatic carbocycles. The zero-order valence-electron chi connectivity index (χ0n) is 22.3. The standard InChI is InChI=1S/C27H27N3O9S/c1-6-38-26(34)23-14(4)28-27-29(24(23)15-7-8-20(39-13(2)3)21(10-15)37-5)25(33)22(40-27)11-16-9-17(30(35)36)19(32)12-18(16)31/h7-13,24,31-32H,6H2,1-5H3/b22-11-/t24-/m0/s1. The number of allylic oxidation sites excluding steroid dienone is 1. The van der Waals surface area contributed by atoms with Gasteiger partial charge in [-0.05, 0) is 51.5 Å². The molecule has 0 bridgehead atoms. The van der Waals surface area contributed by atoms with Gasteiger partial charge in [-0.15, -0.1) is 0 Å². The number of aromatic nitrogens is 1. The number of thiazole rings is 1. The Morgan fingerprint density at radius 2 is 1.95 bits per heavy atom. The number of hydrogen-bond donors (Lipinski definition) is 2. The lowest BCUT2D eigenvalue weighted by molar-refractivity contribution is -0.385. The molecule has 0 saturated heterocycles. The number of benzene rings is 2. The predicted molar refractivity (Wildman–Crippen MR) is 146 cm³/mol. The Bertz CT molecular complexity index is 1720. The van der Waals surface area contributed by atoms with Crippen molar-refractivity contribution in [3.8, 4) is 23.0 Å². The van der Waals surface area contributed by atoms with E-state index in [0.29, 0.717) is 22.8 Å². The van der Waals surface area contributed by atoms with Crippen LogP contribution in [0.5, 0.6) is 23.0 Å². The quantitative estimate of drug-likeness (QED) is 0.236. The largest absolute Gasteiger partial charge is 0.507 e. The fraction of sp³-hybridized carbons (Fsp3) is 0.296. The lowest BCUT2D eigenvalue weighted by atomic mass is 9.95. The summed E-state index contributed by atoms with van der Waals surface area (Å²) in [4.78, 5) is 42.1. The summed E-state index contributed by atoms with van der Waals surface area (Å²) in [5.41, 5.74) is -0.208. The molecule has 1 aliphatic rings. The first-order valence-corrected chi connectivity index (χ1v) is 13.0. The Labute approximate surface area is 231 Å². The van der Waals surface area contributed by atoms with Crippen molar-refractivity contribution in [2.24, 2.45) is 4.99 Å². The summed E-state index contributed by atoms with van der Waals surface area (Å²) in [6.45, 7) is 7.16. The Hall–Kier alpha value is -4.65. The minimum absolute atomic E-state index is 0.0514. The molecule has 0 fully saturated rings. The van der Waals surface area contributed by atoms with Gasteiger partial charge in [0.25, 0.3) is 5.56 Å². The number of nitro benzene ring substituents is 1. The van der Waals surface area contributed by atoms with E-state index < -0.39 is 39.7 Å². The average molecular weight is 570 g/mol. The van der Waals surface area contributed by atoms with Crippen LogP contribution >= 0.6 is 11.3 Å². The van der Waals surface area contributed by atoms with Crippen LogP contribution in [0.1, 0.15) is 44.9 Å². The maximum Gasteiger partial charge on any atom is 0.338 e. The first-order chi connectivity index (χ1) is 19.0. The number of esters is 1. The van der Waals surface area contributed by atoms with E-state index in [9.17, 15) is 29.9 Å². The number of carbonyl (C=O) groups is 1. The normalized spacial score (nSPS) is 15.1. The smallest absolute Gasteiger partial charge is 0.338 e. The molecule has 1 aliphatic heterocycles. The molecule has 12 nitrogen and oxygen atoms in total. The van der Waals surface area contributed by atoms with Crippen LogP contribution < -0.4 is 24.4 Å². The fourth-order valence-corrected chi connectivity index (χ4v) is 5.33. The van der Waals surface area contributed by atoms with Crippen LogP contribution in [0.2, 0.25) is 0 Å². The maximum absolute atomic E-state index is 13.8. The Morgan fingerprint density at radius 1 is 1.23 bits per heavy atom. The van der Waals surface area contributed by atoms with E-state index in [4.69, 9.17) is 14.2 Å². The van der Waals surface area contributed by atoms with Crippen molar-refractivity contribution in [1.29, 1.82) is 0 Å². The van der Waals surface area contributed by atoms with E-state index in [0.717, 1.165) is 23.5 Å². The van der Waals surface area contributed by atoms with Gasteiger partial charge in [0.2, 0.25) is 0 Å². The number of nitrogens with zero attached hydrogens (tertiary/aromatic N) is 3. The molecule has 1 aromatic heterocycles. The summed E-state index contributed by atoms with van der Waals surface area (Å²) < 4.78 is 18.1. The highest BCUT2D eigenvalue weighted by molar-refractivity contribution is 7.07. The molecule has 1 atom stereocenters. The van der Waals surface area contributed by atoms with Gasteiger partial charge in [-0.3, -0.25) is 19.5 Å². The van der Waals surface area contributed by atoms with Gasteiger partial charge >= 0.3 is 11.7 Å². The van der Waals surface area contributed by atoms with Crippen molar-refractivity contribution in [3.63, 3.8) is 0 Å². The topological polar surface area (TPSA) is 163 Å². The number of ether oxygens (including phenoxy) is 3. The average Bonchev–Trinajstić information content (AvgIpc) is 3.18. The Kier molecular flexibility index (Phi) is 7.96. The third kappa shape index (κ3) is 5.27. The number of carbonyl (C=O) groups excluding carboxylic acids is 1. The summed E-state index contributed by atoms with van der Waals surface area (Å²) >= 11 is 0.977. The molecule has 0 radical (unpaired) electrons. The second-order valence-corrected chi connectivity index (χ2v) is 10.0. The van der Waals surface area contributed by atoms with Crippen molar-refractivity contribution >= 4 is 29.1 Å². The number of hydrogen-bond acceptors (Lipinski definition) is 11. The van der Waals surface area contributed by atoms with Crippen molar-refractivity contribution < 1.29 is 34.1 Å². The number of phenols is 2. The van der Waals surface area contributed by atoms with Gasteiger partial charge in [0, 0.05) is 17.7 Å². The summed E-state index contributed by atoms with van der Waals surface area (Å²) in [6, 6.07) is 5.94. The minimum atomic E-state index is -0.942. The molecule has 2 N–H and O–H groups in total. The molecular formula is C27H27N3O9S. The molecule has 0 amide bonds. The highest BCUT2D eigenvalue weighted by Crippen LogP contribution is 2.37. The molecule has 0 saturated carbocycles. The number of nitro groups is 1. The molecular weight excluding hydrogens is 542 g/mol. The van der Waals surface area contributed by atoms with Gasteiger partial charge in [0.15, 0.2) is 22.0 Å². The third-order valence-electron chi connectivity index (χ3n) is 5.99. The SMILES string of the molecule is CCOC(=O)C1=C(C)N=c2s/c(=C\c3cc([N+](=O)[O-])c(O)cc3O)c(=O)n2[C@H]1c1ccc(OC(C)C)c(OC)c1. The van der Waals surface area contributed by atoms with Crippen LogP contribution in [0.3, 0.4) is 0 Å². The minimum Gasteiger partial charge on any atom is -0.507 e. The molecule has 4 rings (SSSR count). The summed E-state index contributed by atoms with van der Waals surface area (Å²) in [6.07, 6.45) is 1.15. The molecule has 3 aromatic rings. The first kappa shape index (κ1) is 28.4. The molecule has 13 heteroatoms. The highest BCUT2D eigenvalue weighted by Gasteiger charge is 2.34. The number of rotatable bonds is 8. The van der Waals surface area contributed by atoms with Crippen LogP contribution in [0.25, 0.3) is 6.08 Å². The zero-order valence-corrected chi connectivity index (χ0v) is 23.1. The van der Waals surface area contributed by atoms with Crippen molar-refractivity contribution in [3.05, 3.63) is 82.5 Å². The second-order valence-electron chi connectivity index (χ2n) is 9.04. The van der Waals surface area contributed by atoms with E-state index >= 15 is 0 Å². The number of aromatic hydroxyl groups is 2. The van der Waals surface area contributed by atoms with Crippen molar-refractivity contribution in [2.75, 3.05) is 13.7 Å². The van der Waals surface area contributed by atoms with Crippen LogP contribution in [-0.4, -0.2) is 45.5 Å². The maximum atomic E-state index is 13.8. The van der Waals surface area contributed by atoms with E-state index in [1.54, 1.807) is 32.0 Å². The first-order valence-electron chi connectivity index (χ1n) is 12.2. The van der Waals surface area contributed by atoms with E-state index in [-0.39, 0.29) is 33.2 Å². The predicted octanol–water partition coefficient (Wildman–Crippen LogP) is 2.91. The van der Waals surface area contributed by atoms with Crippen LogP contribution in [-0.2, 0) is 9.53 Å². The zero-order chi connectivity index (χ0) is 29.3. The van der Waals surface area contributed by atoms with E-state index in [2.05, 4.69) is 4.99 Å².